The number of carboxylic acid groups (broad SMARTS) is 1. The molecule has 0 fully saturated rings. The van der Waals surface area contributed by atoms with Gasteiger partial charge in [0.05, 0.1) is 0 Å². The molecule has 1 aromatic rings. The van der Waals surface area contributed by atoms with Crippen LogP contribution in [0, 0.1) is 0 Å². The van der Waals surface area contributed by atoms with Gasteiger partial charge in [-0.05, 0) is 11.6 Å². The zero-order chi connectivity index (χ0) is 10.7. The van der Waals surface area contributed by atoms with Crippen molar-refractivity contribution in [1.29, 1.82) is 0 Å². The van der Waals surface area contributed by atoms with Gasteiger partial charge in [-0.3, -0.25) is 4.79 Å². The summed E-state index contributed by atoms with van der Waals surface area (Å²) in [6.45, 7) is 1.27. The molecule has 7 heteroatoms. The lowest BCUT2D eigenvalue weighted by Crippen LogP contribution is -2.10. The molecule has 6 nitrogen and oxygen atoms in total. The van der Waals surface area contributed by atoms with Crippen LogP contribution < -0.4 is 5.32 Å². The fourth-order valence-electron chi connectivity index (χ4n) is 0.772. The monoisotopic (exact) mass is 215 g/mol. The van der Waals surface area contributed by atoms with Crippen molar-refractivity contribution in [3.63, 3.8) is 0 Å². The van der Waals surface area contributed by atoms with Crippen LogP contribution in [0.1, 0.15) is 17.4 Å². The second kappa shape index (κ2) is 4.01. The van der Waals surface area contributed by atoms with E-state index in [1.807, 2.05) is 0 Å². The van der Waals surface area contributed by atoms with Crippen LogP contribution in [-0.4, -0.2) is 27.0 Å². The van der Waals surface area contributed by atoms with E-state index in [0.29, 0.717) is 0 Å². The van der Waals surface area contributed by atoms with Crippen molar-refractivity contribution < 1.29 is 14.7 Å². The van der Waals surface area contributed by atoms with Gasteiger partial charge >= 0.3 is 5.97 Å². The van der Waals surface area contributed by atoms with Gasteiger partial charge in [0.25, 0.3) is 0 Å². The summed E-state index contributed by atoms with van der Waals surface area (Å²) >= 11 is 5.44. The molecule has 0 spiro atoms. The number of hydrogen-bond acceptors (Lipinski definition) is 4. The van der Waals surface area contributed by atoms with Gasteiger partial charge in [0, 0.05) is 13.0 Å². The Kier molecular flexibility index (Phi) is 2.98. The van der Waals surface area contributed by atoms with Crippen molar-refractivity contribution in [2.75, 3.05) is 5.32 Å². The second-order valence-electron chi connectivity index (χ2n) is 2.39. The van der Waals surface area contributed by atoms with E-state index >= 15 is 0 Å². The molecule has 0 aromatic carbocycles. The molecular weight excluding hydrogens is 210 g/mol. The topological polar surface area (TPSA) is 92.2 Å². The Labute approximate surface area is 83.9 Å². The highest BCUT2D eigenvalue weighted by Crippen LogP contribution is 2.10. The number of hydrogen-bond donors (Lipinski definition) is 2. The number of nitrogens with zero attached hydrogens (tertiary/aromatic N) is 2. The van der Waals surface area contributed by atoms with Crippen LogP contribution in [-0.2, 0) is 4.79 Å². The van der Waals surface area contributed by atoms with E-state index in [2.05, 4.69) is 15.3 Å². The minimum atomic E-state index is -1.24. The van der Waals surface area contributed by atoms with E-state index < -0.39 is 5.97 Å². The molecule has 0 saturated carbocycles. The highest BCUT2D eigenvalue weighted by Gasteiger charge is 2.09. The third kappa shape index (κ3) is 2.67. The summed E-state index contributed by atoms with van der Waals surface area (Å²) in [6, 6.07) is 1.12. The average molecular weight is 216 g/mol. The van der Waals surface area contributed by atoms with Gasteiger partial charge < -0.3 is 10.4 Å². The highest BCUT2D eigenvalue weighted by atomic mass is 35.5. The first-order chi connectivity index (χ1) is 6.49. The Balaban J connectivity index is 3.07. The molecule has 0 atom stereocenters. The minimum absolute atomic E-state index is 0.0647. The number of amides is 1. The molecule has 14 heavy (non-hydrogen) atoms. The van der Waals surface area contributed by atoms with Gasteiger partial charge in [0.1, 0.15) is 5.82 Å². The van der Waals surface area contributed by atoms with Gasteiger partial charge in [-0.2, -0.15) is 0 Å². The summed E-state index contributed by atoms with van der Waals surface area (Å²) in [5.74, 6) is -1.54. The minimum Gasteiger partial charge on any atom is -0.477 e. The maximum atomic E-state index is 10.6. The third-order valence-electron chi connectivity index (χ3n) is 1.22. The molecule has 1 rings (SSSR count). The van der Waals surface area contributed by atoms with Crippen molar-refractivity contribution in [3.05, 3.63) is 17.0 Å². The summed E-state index contributed by atoms with van der Waals surface area (Å²) < 4.78 is 0. The molecule has 0 bridgehead atoms. The van der Waals surface area contributed by atoms with Crippen molar-refractivity contribution in [2.45, 2.75) is 6.92 Å². The summed E-state index contributed by atoms with van der Waals surface area (Å²) in [4.78, 5) is 28.2. The van der Waals surface area contributed by atoms with Crippen LogP contribution in [0.25, 0.3) is 0 Å². The Morgan fingerprint density at radius 1 is 1.50 bits per heavy atom. The number of aromatic carboxylic acids is 1. The number of aromatic nitrogens is 2. The van der Waals surface area contributed by atoms with Crippen molar-refractivity contribution in [1.82, 2.24) is 9.97 Å². The van der Waals surface area contributed by atoms with E-state index in [1.54, 1.807) is 0 Å². The number of nitrogens with one attached hydrogen (secondary N) is 1. The molecule has 1 amide bonds. The van der Waals surface area contributed by atoms with Crippen LogP contribution in [0.15, 0.2) is 6.07 Å². The predicted molar refractivity (Wildman–Crippen MR) is 48.3 cm³/mol. The SMILES string of the molecule is CC(=O)Nc1cc(C(=O)O)nc(Cl)n1. The lowest BCUT2D eigenvalue weighted by Gasteiger charge is -2.01. The number of carboxylic acids is 1. The molecule has 0 saturated heterocycles. The fourth-order valence-corrected chi connectivity index (χ4v) is 0.954. The summed E-state index contributed by atoms with van der Waals surface area (Å²) in [5.41, 5.74) is -0.270. The van der Waals surface area contributed by atoms with Crippen LogP contribution in [0.2, 0.25) is 5.28 Å². The first-order valence-corrected chi connectivity index (χ1v) is 3.92. The largest absolute Gasteiger partial charge is 0.477 e. The lowest BCUT2D eigenvalue weighted by molar-refractivity contribution is -0.114. The van der Waals surface area contributed by atoms with E-state index in [9.17, 15) is 9.59 Å². The maximum Gasteiger partial charge on any atom is 0.354 e. The van der Waals surface area contributed by atoms with Gasteiger partial charge in [0.15, 0.2) is 5.69 Å². The predicted octanol–water partition coefficient (Wildman–Crippen LogP) is 0.787. The standard InChI is InChI=1S/C7H6ClN3O3/c1-3(12)9-5-2-4(6(13)14)10-7(8)11-5/h2H,1H3,(H,13,14)(H,9,10,11,12). The maximum absolute atomic E-state index is 10.6. The molecule has 0 unspecified atom stereocenters. The normalized spacial score (nSPS) is 9.57. The molecule has 0 aliphatic heterocycles. The summed E-state index contributed by atoms with van der Waals surface area (Å²) in [6.07, 6.45) is 0. The molecular formula is C7H6ClN3O3. The van der Waals surface area contributed by atoms with Crippen LogP contribution >= 0.6 is 11.6 Å². The Morgan fingerprint density at radius 3 is 2.64 bits per heavy atom. The fraction of sp³-hybridized carbons (Fsp3) is 0.143. The van der Waals surface area contributed by atoms with E-state index in [0.717, 1.165) is 6.07 Å². The first kappa shape index (κ1) is 10.4. The number of carbonyl (C=O) groups excluding carboxylic acids is 1. The summed E-state index contributed by atoms with van der Waals surface area (Å²) in [5, 5.41) is 10.7. The Hall–Kier alpha value is -1.69. The highest BCUT2D eigenvalue weighted by molar-refractivity contribution is 6.28. The quantitative estimate of drug-likeness (QED) is 0.712. The number of rotatable bonds is 2. The van der Waals surface area contributed by atoms with Gasteiger partial charge in [-0.1, -0.05) is 0 Å². The van der Waals surface area contributed by atoms with Crippen molar-refractivity contribution >= 4 is 29.3 Å². The molecule has 1 heterocycles. The zero-order valence-corrected chi connectivity index (χ0v) is 7.87. The average Bonchev–Trinajstić information content (AvgIpc) is 2.01. The molecule has 0 radical (unpaired) electrons. The molecule has 74 valence electrons. The second-order valence-corrected chi connectivity index (χ2v) is 2.73. The Bertz CT molecular complexity index is 394. The number of halogens is 1. The van der Waals surface area contributed by atoms with Crippen molar-refractivity contribution in [2.24, 2.45) is 0 Å². The zero-order valence-electron chi connectivity index (χ0n) is 7.11. The van der Waals surface area contributed by atoms with Crippen LogP contribution in [0.5, 0.6) is 0 Å². The van der Waals surface area contributed by atoms with Crippen LogP contribution in [0.4, 0.5) is 5.82 Å². The molecule has 1 aromatic heterocycles. The van der Waals surface area contributed by atoms with E-state index in [4.69, 9.17) is 16.7 Å². The van der Waals surface area contributed by atoms with E-state index in [-0.39, 0.29) is 22.7 Å². The lowest BCUT2D eigenvalue weighted by atomic mass is 10.4. The van der Waals surface area contributed by atoms with Crippen LogP contribution in [0.3, 0.4) is 0 Å². The third-order valence-corrected chi connectivity index (χ3v) is 1.39. The first-order valence-electron chi connectivity index (χ1n) is 3.54. The Morgan fingerprint density at radius 2 is 2.14 bits per heavy atom. The smallest absolute Gasteiger partial charge is 0.354 e. The number of carbonyl (C=O) groups is 2. The molecule has 0 aliphatic carbocycles. The van der Waals surface area contributed by atoms with Gasteiger partial charge in [0.2, 0.25) is 11.2 Å². The molecule has 2 N–H and O–H groups in total. The number of anilines is 1. The summed E-state index contributed by atoms with van der Waals surface area (Å²) in [7, 11) is 0. The van der Waals surface area contributed by atoms with E-state index in [1.165, 1.54) is 6.92 Å². The molecule has 0 aliphatic rings. The van der Waals surface area contributed by atoms with Crippen molar-refractivity contribution in [3.8, 4) is 0 Å². The van der Waals surface area contributed by atoms with Gasteiger partial charge in [-0.25, -0.2) is 14.8 Å². The van der Waals surface area contributed by atoms with Gasteiger partial charge in [-0.15, -0.1) is 0 Å².